The second-order valence-corrected chi connectivity index (χ2v) is 6.56. The van der Waals surface area contributed by atoms with Gasteiger partial charge in [-0.2, -0.15) is 13.2 Å². The highest BCUT2D eigenvalue weighted by Gasteiger charge is 2.38. The Labute approximate surface area is 134 Å². The Morgan fingerprint density at radius 1 is 1.36 bits per heavy atom. The molecule has 2 rings (SSSR count). The molecule has 1 aliphatic heterocycles. The Balaban J connectivity index is 2.27. The Morgan fingerprint density at radius 3 is 2.64 bits per heavy atom. The minimum absolute atomic E-state index is 0.169. The van der Waals surface area contributed by atoms with E-state index in [0.29, 0.717) is 5.92 Å². The summed E-state index contributed by atoms with van der Waals surface area (Å²) >= 11 is 5.75. The summed E-state index contributed by atoms with van der Waals surface area (Å²) < 4.78 is 45.5. The molecule has 22 heavy (non-hydrogen) atoms. The van der Waals surface area contributed by atoms with E-state index in [2.05, 4.69) is 5.32 Å². The van der Waals surface area contributed by atoms with Gasteiger partial charge >= 0.3 is 6.18 Å². The second kappa shape index (κ2) is 7.09. The van der Waals surface area contributed by atoms with Crippen LogP contribution in [0.4, 0.5) is 13.2 Å². The summed E-state index contributed by atoms with van der Waals surface area (Å²) in [5, 5.41) is 2.92. The molecule has 6 heteroatoms. The standard InChI is InChI=1S/C16H21ClF3NO/c1-10(2)8-14(11-6-7-21-9-11)22-13-5-3-4-12(17)15(13)16(18,19)20/h3-5,10-11,14,21H,6-9H2,1-2H3. The van der Waals surface area contributed by atoms with E-state index in [0.717, 1.165) is 25.9 Å². The van der Waals surface area contributed by atoms with Crippen LogP contribution in [0.15, 0.2) is 18.2 Å². The van der Waals surface area contributed by atoms with Crippen molar-refractivity contribution in [3.63, 3.8) is 0 Å². The Kier molecular flexibility index (Phi) is 5.61. The van der Waals surface area contributed by atoms with Crippen LogP contribution in [0.1, 0.15) is 32.3 Å². The van der Waals surface area contributed by atoms with Crippen molar-refractivity contribution in [1.82, 2.24) is 5.32 Å². The van der Waals surface area contributed by atoms with Crippen LogP contribution in [0.2, 0.25) is 5.02 Å². The molecule has 0 aromatic heterocycles. The summed E-state index contributed by atoms with van der Waals surface area (Å²) in [4.78, 5) is 0. The van der Waals surface area contributed by atoms with Gasteiger partial charge in [-0.05, 0) is 37.4 Å². The van der Waals surface area contributed by atoms with Gasteiger partial charge in [0.25, 0.3) is 0 Å². The lowest BCUT2D eigenvalue weighted by molar-refractivity contribution is -0.139. The maximum absolute atomic E-state index is 13.2. The lowest BCUT2D eigenvalue weighted by atomic mass is 9.93. The summed E-state index contributed by atoms with van der Waals surface area (Å²) in [5.41, 5.74) is -0.878. The van der Waals surface area contributed by atoms with Crippen LogP contribution in [0.5, 0.6) is 5.75 Å². The van der Waals surface area contributed by atoms with Crippen molar-refractivity contribution in [2.24, 2.45) is 11.8 Å². The van der Waals surface area contributed by atoms with E-state index in [9.17, 15) is 13.2 Å². The van der Waals surface area contributed by atoms with Gasteiger partial charge in [-0.3, -0.25) is 0 Å². The fourth-order valence-electron chi connectivity index (χ4n) is 2.84. The van der Waals surface area contributed by atoms with Gasteiger partial charge in [0.15, 0.2) is 0 Å². The van der Waals surface area contributed by atoms with Crippen molar-refractivity contribution < 1.29 is 17.9 Å². The number of ether oxygens (including phenoxy) is 1. The third-order valence-electron chi connectivity index (χ3n) is 3.87. The van der Waals surface area contributed by atoms with E-state index < -0.39 is 11.7 Å². The molecular weight excluding hydrogens is 315 g/mol. The van der Waals surface area contributed by atoms with E-state index in [4.69, 9.17) is 16.3 Å². The molecule has 124 valence electrons. The van der Waals surface area contributed by atoms with Crippen molar-refractivity contribution in [2.75, 3.05) is 13.1 Å². The first-order valence-electron chi connectivity index (χ1n) is 7.52. The molecule has 0 bridgehead atoms. The SMILES string of the molecule is CC(C)CC(Oc1cccc(Cl)c1C(F)(F)F)C1CCNC1. The average molecular weight is 336 g/mol. The third kappa shape index (κ3) is 4.29. The number of alkyl halides is 3. The maximum Gasteiger partial charge on any atom is 0.421 e. The molecule has 1 saturated heterocycles. The zero-order chi connectivity index (χ0) is 16.3. The molecule has 0 radical (unpaired) electrons. The normalized spacial score (nSPS) is 20.4. The highest BCUT2D eigenvalue weighted by molar-refractivity contribution is 6.31. The van der Waals surface area contributed by atoms with Crippen LogP contribution < -0.4 is 10.1 Å². The van der Waals surface area contributed by atoms with Crippen molar-refractivity contribution >= 4 is 11.6 Å². The topological polar surface area (TPSA) is 21.3 Å². The van der Waals surface area contributed by atoms with Crippen LogP contribution in [0, 0.1) is 11.8 Å². The number of nitrogens with one attached hydrogen (secondary N) is 1. The molecule has 0 saturated carbocycles. The van der Waals surface area contributed by atoms with Gasteiger partial charge in [-0.1, -0.05) is 31.5 Å². The largest absolute Gasteiger partial charge is 0.489 e. The Bertz CT molecular complexity index is 499. The third-order valence-corrected chi connectivity index (χ3v) is 4.18. The van der Waals surface area contributed by atoms with Crippen LogP contribution >= 0.6 is 11.6 Å². The number of halogens is 4. The van der Waals surface area contributed by atoms with Gasteiger partial charge in [-0.25, -0.2) is 0 Å². The molecular formula is C16H21ClF3NO. The fourth-order valence-corrected chi connectivity index (χ4v) is 3.11. The molecule has 0 spiro atoms. The smallest absolute Gasteiger partial charge is 0.421 e. The molecule has 1 aromatic carbocycles. The van der Waals surface area contributed by atoms with E-state index in [1.807, 2.05) is 13.8 Å². The van der Waals surface area contributed by atoms with Gasteiger partial charge < -0.3 is 10.1 Å². The summed E-state index contributed by atoms with van der Waals surface area (Å²) in [6.45, 7) is 5.74. The highest BCUT2D eigenvalue weighted by atomic mass is 35.5. The molecule has 1 fully saturated rings. The van der Waals surface area contributed by atoms with Crippen molar-refractivity contribution in [1.29, 1.82) is 0 Å². The first kappa shape index (κ1) is 17.4. The maximum atomic E-state index is 13.2. The van der Waals surface area contributed by atoms with Crippen LogP contribution in [0.3, 0.4) is 0 Å². The molecule has 2 unspecified atom stereocenters. The first-order valence-corrected chi connectivity index (χ1v) is 7.90. The van der Waals surface area contributed by atoms with Crippen LogP contribution in [-0.4, -0.2) is 19.2 Å². The minimum atomic E-state index is -4.52. The zero-order valence-corrected chi connectivity index (χ0v) is 13.5. The van der Waals surface area contributed by atoms with Crippen molar-refractivity contribution in [3.8, 4) is 5.75 Å². The quantitative estimate of drug-likeness (QED) is 0.837. The number of benzene rings is 1. The number of hydrogen-bond donors (Lipinski definition) is 1. The van der Waals surface area contributed by atoms with Crippen LogP contribution in [0.25, 0.3) is 0 Å². The summed E-state index contributed by atoms with van der Waals surface area (Å²) in [7, 11) is 0. The summed E-state index contributed by atoms with van der Waals surface area (Å²) in [6.07, 6.45) is -3.13. The van der Waals surface area contributed by atoms with Gasteiger partial charge in [-0.15, -0.1) is 0 Å². The van der Waals surface area contributed by atoms with E-state index >= 15 is 0 Å². The summed E-state index contributed by atoms with van der Waals surface area (Å²) in [6, 6.07) is 4.09. The van der Waals surface area contributed by atoms with Crippen molar-refractivity contribution in [2.45, 2.75) is 39.0 Å². The van der Waals surface area contributed by atoms with E-state index in [1.54, 1.807) is 0 Å². The van der Waals surface area contributed by atoms with Crippen molar-refractivity contribution in [3.05, 3.63) is 28.8 Å². The number of hydrogen-bond acceptors (Lipinski definition) is 2. The van der Waals surface area contributed by atoms with Gasteiger partial charge in [0.05, 0.1) is 5.02 Å². The zero-order valence-electron chi connectivity index (χ0n) is 12.7. The lowest BCUT2D eigenvalue weighted by Gasteiger charge is -2.27. The predicted octanol–water partition coefficient (Wildman–Crippen LogP) is 4.76. The Morgan fingerprint density at radius 2 is 2.09 bits per heavy atom. The predicted molar refractivity (Wildman–Crippen MR) is 81.3 cm³/mol. The fraction of sp³-hybridized carbons (Fsp3) is 0.625. The summed E-state index contributed by atoms with van der Waals surface area (Å²) in [5.74, 6) is 0.402. The van der Waals surface area contributed by atoms with Gasteiger partial charge in [0, 0.05) is 12.5 Å². The molecule has 1 aromatic rings. The highest BCUT2D eigenvalue weighted by Crippen LogP contribution is 2.42. The van der Waals surface area contributed by atoms with E-state index in [-0.39, 0.29) is 22.8 Å². The second-order valence-electron chi connectivity index (χ2n) is 6.15. The molecule has 0 amide bonds. The monoisotopic (exact) mass is 335 g/mol. The molecule has 1 heterocycles. The van der Waals surface area contributed by atoms with E-state index in [1.165, 1.54) is 18.2 Å². The molecule has 1 aliphatic rings. The molecule has 2 nitrogen and oxygen atoms in total. The Hall–Kier alpha value is -0.940. The molecule has 1 N–H and O–H groups in total. The first-order chi connectivity index (χ1) is 10.3. The molecule has 0 aliphatic carbocycles. The number of rotatable bonds is 5. The van der Waals surface area contributed by atoms with Gasteiger partial charge in [0.2, 0.25) is 0 Å². The minimum Gasteiger partial charge on any atom is -0.489 e. The lowest BCUT2D eigenvalue weighted by Crippen LogP contribution is -2.31. The van der Waals surface area contributed by atoms with Gasteiger partial charge in [0.1, 0.15) is 17.4 Å². The average Bonchev–Trinajstić information content (AvgIpc) is 2.89. The van der Waals surface area contributed by atoms with Crippen LogP contribution in [-0.2, 0) is 6.18 Å². The molecule has 2 atom stereocenters.